The lowest BCUT2D eigenvalue weighted by molar-refractivity contribution is -0.124. The van der Waals surface area contributed by atoms with E-state index in [2.05, 4.69) is 10.3 Å². The van der Waals surface area contributed by atoms with Crippen LogP contribution in [0.2, 0.25) is 0 Å². The Balaban J connectivity index is 1.74. The Hall–Kier alpha value is -2.71. The summed E-state index contributed by atoms with van der Waals surface area (Å²) in [7, 11) is -3.77. The van der Waals surface area contributed by atoms with Gasteiger partial charge < -0.3 is 10.1 Å². The Morgan fingerprint density at radius 1 is 1.11 bits per heavy atom. The monoisotopic (exact) mass is 383 g/mol. The lowest BCUT2D eigenvalue weighted by Gasteiger charge is -2.31. The number of carbonyl (C=O) groups excluding carboxylic acids is 1. The largest absolute Gasteiger partial charge is 0.381 e. The Morgan fingerprint density at radius 3 is 2.59 bits per heavy atom. The zero-order valence-corrected chi connectivity index (χ0v) is 15.2. The molecule has 1 aromatic carbocycles. The summed E-state index contributed by atoms with van der Waals surface area (Å²) in [5.74, 6) is -0.0613. The van der Waals surface area contributed by atoms with Crippen LogP contribution in [-0.2, 0) is 25.0 Å². The lowest BCUT2D eigenvalue weighted by Crippen LogP contribution is -2.40. The van der Waals surface area contributed by atoms with Crippen LogP contribution in [0, 0.1) is 0 Å². The maximum Gasteiger partial charge on any atom is 0.269 e. The van der Waals surface area contributed by atoms with Crippen molar-refractivity contribution in [1.29, 1.82) is 0 Å². The highest BCUT2D eigenvalue weighted by molar-refractivity contribution is 7.90. The predicted octanol–water partition coefficient (Wildman–Crippen LogP) is 2.27. The van der Waals surface area contributed by atoms with Gasteiger partial charge in [-0.05, 0) is 31.0 Å². The fourth-order valence-corrected chi connectivity index (χ4v) is 5.45. The summed E-state index contributed by atoms with van der Waals surface area (Å²) in [5.41, 5.74) is 1.14. The molecule has 4 heterocycles. The van der Waals surface area contributed by atoms with Crippen LogP contribution in [0.4, 0.5) is 5.69 Å². The Labute approximate surface area is 156 Å². The number of anilines is 1. The smallest absolute Gasteiger partial charge is 0.269 e. The zero-order chi connectivity index (χ0) is 18.6. The topological polar surface area (TPSA) is 90.3 Å². The fraction of sp³-hybridized carbons (Fsp3) is 0.263. The van der Waals surface area contributed by atoms with Crippen molar-refractivity contribution in [3.05, 3.63) is 54.4 Å². The molecule has 5 rings (SSSR count). The zero-order valence-electron chi connectivity index (χ0n) is 14.4. The molecule has 1 spiro atoms. The Morgan fingerprint density at radius 2 is 1.85 bits per heavy atom. The number of carbonyl (C=O) groups is 1. The first-order valence-corrected chi connectivity index (χ1v) is 10.2. The van der Waals surface area contributed by atoms with Crippen molar-refractivity contribution in [1.82, 2.24) is 8.96 Å². The molecule has 2 aromatic heterocycles. The van der Waals surface area contributed by atoms with Crippen LogP contribution < -0.4 is 5.32 Å². The molecule has 1 amide bonds. The third kappa shape index (κ3) is 2.20. The molecule has 1 saturated heterocycles. The van der Waals surface area contributed by atoms with Gasteiger partial charge in [0.1, 0.15) is 0 Å². The quantitative estimate of drug-likeness (QED) is 0.733. The van der Waals surface area contributed by atoms with E-state index in [-0.39, 0.29) is 10.8 Å². The van der Waals surface area contributed by atoms with Crippen molar-refractivity contribution in [3.63, 3.8) is 0 Å². The number of hydrogen-bond acceptors (Lipinski definition) is 5. The normalized spacial score (nSPS) is 18.6. The van der Waals surface area contributed by atoms with E-state index in [1.54, 1.807) is 42.6 Å². The van der Waals surface area contributed by atoms with E-state index in [1.165, 1.54) is 10.2 Å². The average molecular weight is 383 g/mol. The van der Waals surface area contributed by atoms with Crippen molar-refractivity contribution in [2.24, 2.45) is 0 Å². The number of fused-ring (bicyclic) bond motifs is 4. The van der Waals surface area contributed by atoms with Gasteiger partial charge in [0.15, 0.2) is 5.65 Å². The number of aromatic nitrogens is 2. The molecule has 0 unspecified atom stereocenters. The summed E-state index contributed by atoms with van der Waals surface area (Å²) < 4.78 is 32.8. The Bertz CT molecular complexity index is 1160. The van der Waals surface area contributed by atoms with Crippen LogP contribution in [0.25, 0.3) is 11.0 Å². The minimum absolute atomic E-state index is 0.0613. The van der Waals surface area contributed by atoms with Gasteiger partial charge in [-0.15, -0.1) is 0 Å². The summed E-state index contributed by atoms with van der Waals surface area (Å²) in [6, 6.07) is 9.98. The summed E-state index contributed by atoms with van der Waals surface area (Å²) in [6.45, 7) is 0.999. The summed E-state index contributed by atoms with van der Waals surface area (Å²) >= 11 is 0. The molecule has 1 fully saturated rings. The van der Waals surface area contributed by atoms with Crippen molar-refractivity contribution in [2.75, 3.05) is 18.5 Å². The maximum atomic E-state index is 13.1. The number of nitrogens with one attached hydrogen (secondary N) is 1. The first kappa shape index (κ1) is 16.5. The van der Waals surface area contributed by atoms with Gasteiger partial charge in [0.05, 0.1) is 22.2 Å². The number of hydrogen-bond donors (Lipinski definition) is 1. The van der Waals surface area contributed by atoms with E-state index in [0.29, 0.717) is 42.8 Å². The number of rotatable bonds is 2. The van der Waals surface area contributed by atoms with Crippen molar-refractivity contribution < 1.29 is 17.9 Å². The van der Waals surface area contributed by atoms with Crippen LogP contribution in [0.1, 0.15) is 18.4 Å². The number of pyridine rings is 1. The minimum Gasteiger partial charge on any atom is -0.381 e. The minimum atomic E-state index is -3.77. The third-order valence-corrected chi connectivity index (χ3v) is 7.17. The summed E-state index contributed by atoms with van der Waals surface area (Å²) in [5, 5.41) is 3.60. The van der Waals surface area contributed by atoms with Crippen LogP contribution >= 0.6 is 0 Å². The van der Waals surface area contributed by atoms with Gasteiger partial charge in [-0.3, -0.25) is 4.79 Å². The number of amides is 1. The molecule has 0 bridgehead atoms. The van der Waals surface area contributed by atoms with Crippen LogP contribution in [0.15, 0.2) is 53.7 Å². The second-order valence-corrected chi connectivity index (χ2v) is 8.68. The van der Waals surface area contributed by atoms with Gasteiger partial charge in [-0.2, -0.15) is 0 Å². The molecule has 0 atom stereocenters. The molecule has 2 aliphatic heterocycles. The second-order valence-electron chi connectivity index (χ2n) is 6.86. The van der Waals surface area contributed by atoms with Gasteiger partial charge in [-0.1, -0.05) is 18.2 Å². The van der Waals surface area contributed by atoms with Crippen LogP contribution in [0.3, 0.4) is 0 Å². The van der Waals surface area contributed by atoms with E-state index in [9.17, 15) is 13.2 Å². The third-order valence-electron chi connectivity index (χ3n) is 5.49. The van der Waals surface area contributed by atoms with Gasteiger partial charge in [0.25, 0.3) is 10.0 Å². The van der Waals surface area contributed by atoms with Crippen LogP contribution in [-0.4, -0.2) is 36.5 Å². The molecule has 0 radical (unpaired) electrons. The second kappa shape index (κ2) is 5.64. The van der Waals surface area contributed by atoms with E-state index < -0.39 is 15.4 Å². The molecular formula is C19H17N3O4S. The van der Waals surface area contributed by atoms with Crippen molar-refractivity contribution in [2.45, 2.75) is 23.2 Å². The van der Waals surface area contributed by atoms with Crippen molar-refractivity contribution >= 4 is 32.7 Å². The molecule has 1 N–H and O–H groups in total. The van der Waals surface area contributed by atoms with E-state index >= 15 is 0 Å². The van der Waals surface area contributed by atoms with Gasteiger partial charge in [0.2, 0.25) is 5.91 Å². The lowest BCUT2D eigenvalue weighted by atomic mass is 9.74. The molecule has 138 valence electrons. The van der Waals surface area contributed by atoms with E-state index in [4.69, 9.17) is 4.74 Å². The Kier molecular flexibility index (Phi) is 3.44. The molecule has 27 heavy (non-hydrogen) atoms. The maximum absolute atomic E-state index is 13.1. The molecule has 0 aliphatic carbocycles. The number of nitrogens with zero attached hydrogens (tertiary/aromatic N) is 2. The van der Waals surface area contributed by atoms with Gasteiger partial charge in [-0.25, -0.2) is 17.4 Å². The number of ether oxygens (including phenoxy) is 1. The molecular weight excluding hydrogens is 366 g/mol. The summed E-state index contributed by atoms with van der Waals surface area (Å²) in [4.78, 5) is 17.3. The standard InChI is InChI=1S/C19H17N3O4S/c23-18-19(7-10-26-11-8-19)16-14-6-9-22(17(14)20-12-15(16)21-18)27(24,25)13-4-2-1-3-5-13/h1-6,9,12H,7-8,10-11H2,(H,21,23). The molecule has 3 aromatic rings. The highest BCUT2D eigenvalue weighted by atomic mass is 32.2. The fourth-order valence-electron chi connectivity index (χ4n) is 4.13. The molecule has 7 nitrogen and oxygen atoms in total. The van der Waals surface area contributed by atoms with E-state index in [0.717, 1.165) is 5.56 Å². The first-order chi connectivity index (χ1) is 13.0. The van der Waals surface area contributed by atoms with Crippen molar-refractivity contribution in [3.8, 4) is 0 Å². The molecule has 8 heteroatoms. The highest BCUT2D eigenvalue weighted by Gasteiger charge is 2.49. The molecule has 2 aliphatic rings. The van der Waals surface area contributed by atoms with Gasteiger partial charge >= 0.3 is 0 Å². The molecule has 0 saturated carbocycles. The predicted molar refractivity (Wildman–Crippen MR) is 99.1 cm³/mol. The SMILES string of the molecule is O=C1Nc2cnc3c(ccn3S(=O)(=O)c3ccccc3)c2C12CCOCC2. The van der Waals surface area contributed by atoms with Crippen LogP contribution in [0.5, 0.6) is 0 Å². The first-order valence-electron chi connectivity index (χ1n) is 8.74. The average Bonchev–Trinajstić information content (AvgIpc) is 3.23. The number of benzene rings is 1. The summed E-state index contributed by atoms with van der Waals surface area (Å²) in [6.07, 6.45) is 4.20. The van der Waals surface area contributed by atoms with Gasteiger partial charge in [0, 0.05) is 30.4 Å². The van der Waals surface area contributed by atoms with E-state index in [1.807, 2.05) is 0 Å². The highest BCUT2D eigenvalue weighted by Crippen LogP contribution is 2.47.